The number of nitrogens with zero attached hydrogens (tertiary/aromatic N) is 1. The van der Waals surface area contributed by atoms with Crippen LogP contribution < -0.4 is 5.32 Å². The highest BCUT2D eigenvalue weighted by Crippen LogP contribution is 2.35. The summed E-state index contributed by atoms with van der Waals surface area (Å²) < 4.78 is 33.9. The van der Waals surface area contributed by atoms with E-state index in [-0.39, 0.29) is 24.7 Å². The number of hydrogen-bond donors (Lipinski definition) is 1. The van der Waals surface area contributed by atoms with Crippen LogP contribution in [0.2, 0.25) is 5.02 Å². The van der Waals surface area contributed by atoms with Crippen LogP contribution in [-0.4, -0.2) is 36.0 Å². The van der Waals surface area contributed by atoms with Gasteiger partial charge in [0.2, 0.25) is 5.92 Å². The Morgan fingerprint density at radius 3 is 2.85 bits per heavy atom. The maximum atomic E-state index is 13.3. The molecule has 1 fully saturated rings. The molecule has 2 aromatic heterocycles. The molecular formula is C20H25ClF2N2O2. The summed E-state index contributed by atoms with van der Waals surface area (Å²) in [7, 11) is 0. The zero-order valence-corrected chi connectivity index (χ0v) is 16.2. The van der Waals surface area contributed by atoms with Crippen LogP contribution in [0.1, 0.15) is 48.7 Å². The van der Waals surface area contributed by atoms with E-state index in [4.69, 9.17) is 16.3 Å². The number of alkyl halides is 2. The number of aromatic nitrogens is 1. The van der Waals surface area contributed by atoms with Crippen molar-refractivity contribution in [2.75, 3.05) is 19.8 Å². The first-order chi connectivity index (χ1) is 12.9. The van der Waals surface area contributed by atoms with Crippen LogP contribution in [0, 0.1) is 5.92 Å². The van der Waals surface area contributed by atoms with Crippen LogP contribution in [0.4, 0.5) is 8.78 Å². The number of ether oxygens (including phenoxy) is 1. The Hall–Kier alpha value is -1.66. The number of amides is 1. The quantitative estimate of drug-likeness (QED) is 0.685. The van der Waals surface area contributed by atoms with Gasteiger partial charge in [0.25, 0.3) is 5.91 Å². The number of carbonyl (C=O) groups excluding carboxylic acids is 1. The van der Waals surface area contributed by atoms with E-state index >= 15 is 0 Å². The van der Waals surface area contributed by atoms with Gasteiger partial charge in [-0.05, 0) is 43.9 Å². The molecule has 27 heavy (non-hydrogen) atoms. The van der Waals surface area contributed by atoms with E-state index in [1.54, 1.807) is 6.07 Å². The van der Waals surface area contributed by atoms with Crippen LogP contribution in [0.5, 0.6) is 0 Å². The van der Waals surface area contributed by atoms with Crippen molar-refractivity contribution >= 4 is 23.0 Å². The molecule has 2 heterocycles. The maximum absolute atomic E-state index is 13.3. The largest absolute Gasteiger partial charge is 0.381 e. The van der Waals surface area contributed by atoms with Gasteiger partial charge in [-0.3, -0.25) is 4.79 Å². The fraction of sp³-hybridized carbons (Fsp3) is 0.550. The molecule has 4 nitrogen and oxygen atoms in total. The van der Waals surface area contributed by atoms with Crippen molar-refractivity contribution in [1.29, 1.82) is 0 Å². The highest BCUT2D eigenvalue weighted by molar-refractivity contribution is 6.34. The predicted molar refractivity (Wildman–Crippen MR) is 102 cm³/mol. The molecule has 0 aromatic carbocycles. The summed E-state index contributed by atoms with van der Waals surface area (Å²) in [6.07, 6.45) is 3.21. The van der Waals surface area contributed by atoms with Crippen molar-refractivity contribution in [2.45, 2.75) is 45.0 Å². The molecule has 1 aliphatic rings. The standard InChI is InChI=1S/C20H25ClF2N2O2/c1-2-27-11-7-15-12-16(18-17(21)4-3-10-25(15)18)19(26)24-13-14-5-8-20(22,23)9-6-14/h3-4,10,12,14H,2,5-9,11,13H2,1H3,(H,24,26). The van der Waals surface area contributed by atoms with E-state index in [1.165, 1.54) is 0 Å². The van der Waals surface area contributed by atoms with Gasteiger partial charge in [-0.15, -0.1) is 0 Å². The predicted octanol–water partition coefficient (Wildman–Crippen LogP) is 4.73. The molecule has 0 atom stereocenters. The first kappa shape index (κ1) is 20.1. The number of halogens is 3. The molecule has 0 aliphatic heterocycles. The van der Waals surface area contributed by atoms with E-state index in [0.717, 1.165) is 5.69 Å². The summed E-state index contributed by atoms with van der Waals surface area (Å²) >= 11 is 6.35. The van der Waals surface area contributed by atoms with Crippen LogP contribution in [-0.2, 0) is 11.2 Å². The minimum Gasteiger partial charge on any atom is -0.381 e. The van der Waals surface area contributed by atoms with Gasteiger partial charge in [0, 0.05) is 44.3 Å². The van der Waals surface area contributed by atoms with Gasteiger partial charge in [-0.1, -0.05) is 11.6 Å². The Kier molecular flexibility index (Phi) is 6.37. The second kappa shape index (κ2) is 8.57. The summed E-state index contributed by atoms with van der Waals surface area (Å²) in [6.45, 7) is 3.54. The number of hydrogen-bond acceptors (Lipinski definition) is 2. The second-order valence-electron chi connectivity index (χ2n) is 7.08. The SMILES string of the molecule is CCOCCc1cc(C(=O)NCC2CCC(F)(F)CC2)c2c(Cl)cccn12. The van der Waals surface area contributed by atoms with Gasteiger partial charge >= 0.3 is 0 Å². The van der Waals surface area contributed by atoms with E-state index in [9.17, 15) is 13.6 Å². The second-order valence-corrected chi connectivity index (χ2v) is 7.49. The molecule has 2 aromatic rings. The molecule has 0 saturated heterocycles. The van der Waals surface area contributed by atoms with E-state index in [0.29, 0.717) is 55.1 Å². The first-order valence-electron chi connectivity index (χ1n) is 9.43. The van der Waals surface area contributed by atoms with Crippen LogP contribution >= 0.6 is 11.6 Å². The molecule has 1 N–H and O–H groups in total. The fourth-order valence-corrected chi connectivity index (χ4v) is 3.87. The minimum atomic E-state index is -2.55. The highest BCUT2D eigenvalue weighted by Gasteiger charge is 2.34. The number of pyridine rings is 1. The van der Waals surface area contributed by atoms with Crippen molar-refractivity contribution < 1.29 is 18.3 Å². The lowest BCUT2D eigenvalue weighted by Gasteiger charge is -2.28. The van der Waals surface area contributed by atoms with Crippen molar-refractivity contribution in [1.82, 2.24) is 9.72 Å². The molecule has 0 bridgehead atoms. The minimum absolute atomic E-state index is 0.0929. The monoisotopic (exact) mass is 398 g/mol. The smallest absolute Gasteiger partial charge is 0.253 e. The Bertz CT molecular complexity index is 797. The summed E-state index contributed by atoms with van der Waals surface area (Å²) in [5.74, 6) is -2.68. The lowest BCUT2D eigenvalue weighted by molar-refractivity contribution is -0.0452. The van der Waals surface area contributed by atoms with Crippen molar-refractivity contribution in [3.05, 3.63) is 40.7 Å². The Balaban J connectivity index is 1.72. The third kappa shape index (κ3) is 4.79. The van der Waals surface area contributed by atoms with Crippen LogP contribution in [0.15, 0.2) is 24.4 Å². The van der Waals surface area contributed by atoms with Crippen molar-refractivity contribution in [3.8, 4) is 0 Å². The molecule has 7 heteroatoms. The molecule has 148 valence electrons. The van der Waals surface area contributed by atoms with Crippen molar-refractivity contribution in [2.24, 2.45) is 5.92 Å². The average Bonchev–Trinajstić information content (AvgIpc) is 3.01. The summed E-state index contributed by atoms with van der Waals surface area (Å²) in [6, 6.07) is 5.43. The van der Waals surface area contributed by atoms with Gasteiger partial charge in [-0.25, -0.2) is 8.78 Å². The summed E-state index contributed by atoms with van der Waals surface area (Å²) in [5.41, 5.74) is 2.12. The zero-order chi connectivity index (χ0) is 19.4. The number of rotatable bonds is 7. The lowest BCUT2D eigenvalue weighted by atomic mass is 9.87. The van der Waals surface area contributed by atoms with Gasteiger partial charge in [-0.2, -0.15) is 0 Å². The Labute approximate surface area is 162 Å². The zero-order valence-electron chi connectivity index (χ0n) is 15.4. The average molecular weight is 399 g/mol. The molecule has 0 spiro atoms. The third-order valence-electron chi connectivity index (χ3n) is 5.16. The molecule has 3 rings (SSSR count). The van der Waals surface area contributed by atoms with E-state index in [2.05, 4.69) is 5.32 Å². The van der Waals surface area contributed by atoms with Crippen LogP contribution in [0.25, 0.3) is 5.52 Å². The Morgan fingerprint density at radius 2 is 2.15 bits per heavy atom. The molecule has 1 saturated carbocycles. The first-order valence-corrected chi connectivity index (χ1v) is 9.81. The third-order valence-corrected chi connectivity index (χ3v) is 5.46. The lowest BCUT2D eigenvalue weighted by Crippen LogP contribution is -2.33. The molecular weight excluding hydrogens is 374 g/mol. The Morgan fingerprint density at radius 1 is 1.41 bits per heavy atom. The highest BCUT2D eigenvalue weighted by atomic mass is 35.5. The molecule has 1 amide bonds. The number of fused-ring (bicyclic) bond motifs is 1. The van der Waals surface area contributed by atoms with Gasteiger partial charge in [0.05, 0.1) is 22.7 Å². The van der Waals surface area contributed by atoms with Gasteiger partial charge in [0.1, 0.15) is 0 Å². The van der Waals surface area contributed by atoms with Crippen LogP contribution in [0.3, 0.4) is 0 Å². The van der Waals surface area contributed by atoms with E-state index in [1.807, 2.05) is 29.7 Å². The summed E-state index contributed by atoms with van der Waals surface area (Å²) in [4.78, 5) is 12.8. The van der Waals surface area contributed by atoms with Gasteiger partial charge in [0.15, 0.2) is 0 Å². The summed E-state index contributed by atoms with van der Waals surface area (Å²) in [5, 5.41) is 3.41. The molecule has 0 radical (unpaired) electrons. The van der Waals surface area contributed by atoms with E-state index < -0.39 is 5.92 Å². The topological polar surface area (TPSA) is 42.7 Å². The maximum Gasteiger partial charge on any atom is 0.253 e. The normalized spacial score (nSPS) is 17.3. The number of nitrogens with one attached hydrogen (secondary N) is 1. The van der Waals surface area contributed by atoms with Gasteiger partial charge < -0.3 is 14.5 Å². The molecule has 0 unspecified atom stereocenters. The van der Waals surface area contributed by atoms with Crippen molar-refractivity contribution in [3.63, 3.8) is 0 Å². The number of carbonyl (C=O) groups is 1. The fourth-order valence-electron chi connectivity index (χ4n) is 3.61. The molecule has 1 aliphatic carbocycles.